The molecule has 3 nitrogen and oxygen atoms in total. The third-order valence-corrected chi connectivity index (χ3v) is 4.78. The minimum absolute atomic E-state index is 0.0296. The van der Waals surface area contributed by atoms with Gasteiger partial charge in [-0.3, -0.25) is 4.79 Å². The van der Waals surface area contributed by atoms with Crippen LogP contribution in [0.3, 0.4) is 0 Å². The molecule has 2 saturated carbocycles. The Bertz CT molecular complexity index is 513. The Kier molecular flexibility index (Phi) is 2.90. The first-order chi connectivity index (χ1) is 9.00. The van der Waals surface area contributed by atoms with Crippen LogP contribution >= 0.6 is 0 Å². The molecular weight excluding hydrogens is 236 g/mol. The maximum Gasteiger partial charge on any atom is 0.251 e. The van der Waals surface area contributed by atoms with E-state index in [0.29, 0.717) is 0 Å². The van der Waals surface area contributed by atoms with Gasteiger partial charge in [-0.25, -0.2) is 0 Å². The Balaban J connectivity index is 1.77. The van der Waals surface area contributed by atoms with Crippen LogP contribution in [-0.4, -0.2) is 17.0 Å². The second-order valence-corrected chi connectivity index (χ2v) is 6.50. The quantitative estimate of drug-likeness (QED) is 0.856. The molecule has 2 aliphatic rings. The number of nitrogens with two attached hydrogens (primary N) is 1. The van der Waals surface area contributed by atoms with E-state index >= 15 is 0 Å². The molecule has 3 N–H and O–H groups in total. The van der Waals surface area contributed by atoms with Gasteiger partial charge in [-0.15, -0.1) is 0 Å². The van der Waals surface area contributed by atoms with Gasteiger partial charge in [0.1, 0.15) is 0 Å². The van der Waals surface area contributed by atoms with Crippen LogP contribution in [0.2, 0.25) is 0 Å². The average molecular weight is 258 g/mol. The van der Waals surface area contributed by atoms with Crippen molar-refractivity contribution >= 4 is 5.91 Å². The summed E-state index contributed by atoms with van der Waals surface area (Å²) in [5.41, 5.74) is 8.17. The molecule has 3 rings (SSSR count). The van der Waals surface area contributed by atoms with Crippen molar-refractivity contribution in [1.82, 2.24) is 5.32 Å². The van der Waals surface area contributed by atoms with E-state index in [4.69, 9.17) is 5.73 Å². The molecule has 0 saturated heterocycles. The number of fused-ring (bicyclic) bond motifs is 2. The monoisotopic (exact) mass is 258 g/mol. The molecule has 1 aromatic rings. The van der Waals surface area contributed by atoms with Gasteiger partial charge in [0.2, 0.25) is 0 Å². The minimum Gasteiger partial charge on any atom is -0.347 e. The lowest BCUT2D eigenvalue weighted by molar-refractivity contribution is 0.0876. The average Bonchev–Trinajstić information content (AvgIpc) is 2.59. The van der Waals surface area contributed by atoms with E-state index in [1.54, 1.807) is 0 Å². The number of carbonyl (C=O) groups excluding carboxylic acids is 1. The van der Waals surface area contributed by atoms with E-state index < -0.39 is 0 Å². The summed E-state index contributed by atoms with van der Waals surface area (Å²) in [7, 11) is 0. The molecule has 0 heterocycles. The number of hydrogen-bond acceptors (Lipinski definition) is 2. The van der Waals surface area contributed by atoms with Gasteiger partial charge >= 0.3 is 0 Å². The van der Waals surface area contributed by atoms with E-state index in [1.165, 1.54) is 0 Å². The Morgan fingerprint density at radius 1 is 1.26 bits per heavy atom. The maximum absolute atomic E-state index is 12.4. The van der Waals surface area contributed by atoms with Crippen molar-refractivity contribution in [3.8, 4) is 0 Å². The van der Waals surface area contributed by atoms with Crippen molar-refractivity contribution in [3.63, 3.8) is 0 Å². The number of nitrogens with one attached hydrogen (secondary N) is 1. The molecule has 2 fully saturated rings. The largest absolute Gasteiger partial charge is 0.347 e. The number of rotatable bonds is 2. The summed E-state index contributed by atoms with van der Waals surface area (Å²) in [5.74, 6) is 0.0508. The molecule has 0 spiro atoms. The van der Waals surface area contributed by atoms with Gasteiger partial charge in [0.25, 0.3) is 5.91 Å². The van der Waals surface area contributed by atoms with Crippen LogP contribution in [-0.2, 0) is 0 Å². The second kappa shape index (κ2) is 4.34. The first-order valence-electron chi connectivity index (χ1n) is 7.19. The number of aryl methyl sites for hydroxylation is 1. The Morgan fingerprint density at radius 2 is 2.11 bits per heavy atom. The molecule has 2 aliphatic carbocycles. The van der Waals surface area contributed by atoms with Crippen LogP contribution in [0.5, 0.6) is 0 Å². The van der Waals surface area contributed by atoms with Gasteiger partial charge in [0, 0.05) is 16.6 Å². The van der Waals surface area contributed by atoms with Gasteiger partial charge in [-0.1, -0.05) is 17.7 Å². The fourth-order valence-corrected chi connectivity index (χ4v) is 3.81. The maximum atomic E-state index is 12.4. The van der Waals surface area contributed by atoms with E-state index in [9.17, 15) is 4.79 Å². The zero-order valence-corrected chi connectivity index (χ0v) is 11.5. The van der Waals surface area contributed by atoms with Crippen LogP contribution in [0.1, 0.15) is 54.4 Å². The Morgan fingerprint density at radius 3 is 2.89 bits per heavy atom. The summed E-state index contributed by atoms with van der Waals surface area (Å²) in [5, 5.41) is 3.27. The summed E-state index contributed by atoms with van der Waals surface area (Å²) >= 11 is 0. The first kappa shape index (κ1) is 12.7. The lowest BCUT2D eigenvalue weighted by Crippen LogP contribution is -2.52. The summed E-state index contributed by atoms with van der Waals surface area (Å²) in [6.07, 6.45) is 6.32. The molecule has 102 valence electrons. The fourth-order valence-electron chi connectivity index (χ4n) is 3.81. The number of carbonyl (C=O) groups is 1. The third kappa shape index (κ3) is 2.39. The van der Waals surface area contributed by atoms with Crippen LogP contribution in [0.25, 0.3) is 0 Å². The highest BCUT2D eigenvalue weighted by atomic mass is 16.1. The van der Waals surface area contributed by atoms with E-state index in [0.717, 1.165) is 49.7 Å². The Hall–Kier alpha value is -1.35. The minimum atomic E-state index is -0.0478. The van der Waals surface area contributed by atoms with Crippen LogP contribution in [0.15, 0.2) is 24.3 Å². The predicted octanol–water partition coefficient (Wildman–Crippen LogP) is 2.53. The molecular formula is C16H22N2O. The molecule has 0 aliphatic heterocycles. The first-order valence-corrected chi connectivity index (χ1v) is 7.19. The van der Waals surface area contributed by atoms with Gasteiger partial charge in [0.05, 0.1) is 0 Å². The van der Waals surface area contributed by atoms with Crippen molar-refractivity contribution < 1.29 is 4.79 Å². The topological polar surface area (TPSA) is 55.1 Å². The molecule has 19 heavy (non-hydrogen) atoms. The third-order valence-electron chi connectivity index (χ3n) is 4.78. The zero-order chi connectivity index (χ0) is 13.5. The normalized spacial score (nSPS) is 33.2. The van der Waals surface area contributed by atoms with Gasteiger partial charge in [0.15, 0.2) is 0 Å². The highest BCUT2D eigenvalue weighted by molar-refractivity contribution is 5.94. The fraction of sp³-hybridized carbons (Fsp3) is 0.562. The molecule has 1 aromatic carbocycles. The molecule has 0 unspecified atom stereocenters. The number of amides is 1. The number of benzene rings is 1. The van der Waals surface area contributed by atoms with Crippen LogP contribution < -0.4 is 11.1 Å². The van der Waals surface area contributed by atoms with Crippen molar-refractivity contribution in [1.29, 1.82) is 0 Å². The van der Waals surface area contributed by atoms with E-state index in [1.807, 2.05) is 31.2 Å². The highest BCUT2D eigenvalue weighted by Crippen LogP contribution is 2.46. The lowest BCUT2D eigenvalue weighted by atomic mass is 9.79. The molecule has 1 amide bonds. The van der Waals surface area contributed by atoms with Crippen LogP contribution in [0.4, 0.5) is 0 Å². The van der Waals surface area contributed by atoms with Crippen LogP contribution in [0, 0.1) is 6.92 Å². The van der Waals surface area contributed by atoms with Crippen molar-refractivity contribution in [2.24, 2.45) is 5.73 Å². The van der Waals surface area contributed by atoms with E-state index in [-0.39, 0.29) is 17.0 Å². The van der Waals surface area contributed by atoms with Gasteiger partial charge in [-0.05, 0) is 57.6 Å². The Labute approximate surface area is 114 Å². The van der Waals surface area contributed by atoms with Crippen molar-refractivity contribution in [2.45, 2.75) is 56.5 Å². The summed E-state index contributed by atoms with van der Waals surface area (Å²) in [6.45, 7) is 2.01. The summed E-state index contributed by atoms with van der Waals surface area (Å²) < 4.78 is 0. The molecule has 2 atom stereocenters. The molecule has 2 bridgehead atoms. The number of hydrogen-bond donors (Lipinski definition) is 2. The van der Waals surface area contributed by atoms with E-state index in [2.05, 4.69) is 5.32 Å². The highest BCUT2D eigenvalue weighted by Gasteiger charge is 2.49. The smallest absolute Gasteiger partial charge is 0.251 e. The molecule has 0 aromatic heterocycles. The summed E-state index contributed by atoms with van der Waals surface area (Å²) in [4.78, 5) is 12.4. The SMILES string of the molecule is Cc1cccc(C(=O)N[C@@]23CCC[C@@](N)(CC2)C3)c1. The predicted molar refractivity (Wildman–Crippen MR) is 76.0 cm³/mol. The summed E-state index contributed by atoms with van der Waals surface area (Å²) in [6, 6.07) is 7.77. The second-order valence-electron chi connectivity index (χ2n) is 6.50. The van der Waals surface area contributed by atoms with Gasteiger partial charge < -0.3 is 11.1 Å². The van der Waals surface area contributed by atoms with Crippen molar-refractivity contribution in [2.75, 3.05) is 0 Å². The van der Waals surface area contributed by atoms with Gasteiger partial charge in [-0.2, -0.15) is 0 Å². The van der Waals surface area contributed by atoms with Crippen molar-refractivity contribution in [3.05, 3.63) is 35.4 Å². The lowest BCUT2D eigenvalue weighted by Gasteiger charge is -2.38. The standard InChI is InChI=1S/C16H22N2O/c1-12-4-2-5-13(10-12)14(19)18-16-7-3-6-15(17,11-16)8-9-16/h2,4-5,10H,3,6-9,11,17H2,1H3,(H,18,19)/t15-,16+/m1/s1. The molecule has 3 heteroatoms. The molecule has 0 radical (unpaired) electrons. The zero-order valence-electron chi connectivity index (χ0n) is 11.5.